The van der Waals surface area contributed by atoms with Gasteiger partial charge in [-0.2, -0.15) is 0 Å². The van der Waals surface area contributed by atoms with Crippen molar-refractivity contribution in [2.24, 2.45) is 0 Å². The van der Waals surface area contributed by atoms with E-state index in [1.54, 1.807) is 24.3 Å². The standard InChI is InChI=1S/C20H23N3O3S/c1-22-12-14-23(15-13-22)20(24)18-7-9-19(10-8-18)21-27(25,26)16-11-17-5-3-2-4-6-17/h2-11,16,21H,12-15H2,1H3/b16-11+. The minimum atomic E-state index is -3.62. The maximum atomic E-state index is 12.5. The number of rotatable bonds is 5. The van der Waals surface area contributed by atoms with Crippen LogP contribution in [0.25, 0.3) is 6.08 Å². The van der Waals surface area contributed by atoms with E-state index >= 15 is 0 Å². The highest BCUT2D eigenvalue weighted by Gasteiger charge is 2.20. The van der Waals surface area contributed by atoms with E-state index in [2.05, 4.69) is 9.62 Å². The van der Waals surface area contributed by atoms with Gasteiger partial charge >= 0.3 is 0 Å². The van der Waals surface area contributed by atoms with Crippen molar-refractivity contribution in [3.63, 3.8) is 0 Å². The molecule has 0 radical (unpaired) electrons. The lowest BCUT2D eigenvalue weighted by Gasteiger charge is -2.32. The normalized spacial score (nSPS) is 15.8. The Morgan fingerprint density at radius 3 is 2.22 bits per heavy atom. The monoisotopic (exact) mass is 385 g/mol. The molecule has 0 aromatic heterocycles. The number of hydrogen-bond acceptors (Lipinski definition) is 4. The van der Waals surface area contributed by atoms with E-state index in [4.69, 9.17) is 0 Å². The number of anilines is 1. The molecule has 0 aliphatic carbocycles. The molecule has 1 aliphatic rings. The molecule has 0 saturated carbocycles. The SMILES string of the molecule is CN1CCN(C(=O)c2ccc(NS(=O)(=O)/C=C/c3ccccc3)cc2)CC1. The number of piperazine rings is 1. The Morgan fingerprint density at radius 1 is 0.963 bits per heavy atom. The zero-order chi connectivity index (χ0) is 19.3. The topological polar surface area (TPSA) is 69.7 Å². The number of hydrogen-bond donors (Lipinski definition) is 1. The summed E-state index contributed by atoms with van der Waals surface area (Å²) in [6.07, 6.45) is 1.54. The van der Waals surface area contributed by atoms with Crippen molar-refractivity contribution in [2.45, 2.75) is 0 Å². The molecule has 3 rings (SSSR count). The quantitative estimate of drug-likeness (QED) is 0.859. The van der Waals surface area contributed by atoms with Gasteiger partial charge in [0.2, 0.25) is 0 Å². The summed E-state index contributed by atoms with van der Waals surface area (Å²) in [5, 5.41) is 1.13. The molecule has 27 heavy (non-hydrogen) atoms. The van der Waals surface area contributed by atoms with Crippen LogP contribution in [0, 0.1) is 0 Å². The molecule has 1 N–H and O–H groups in total. The number of sulfonamides is 1. The fourth-order valence-electron chi connectivity index (χ4n) is 2.80. The molecule has 2 aromatic carbocycles. The first-order chi connectivity index (χ1) is 12.9. The molecule has 6 nitrogen and oxygen atoms in total. The van der Waals surface area contributed by atoms with Gasteiger partial charge in [0, 0.05) is 37.4 Å². The van der Waals surface area contributed by atoms with Gasteiger partial charge in [-0.15, -0.1) is 0 Å². The minimum Gasteiger partial charge on any atom is -0.336 e. The Balaban J connectivity index is 1.63. The number of amides is 1. The van der Waals surface area contributed by atoms with Gasteiger partial charge in [0.15, 0.2) is 0 Å². The molecule has 0 unspecified atom stereocenters. The van der Waals surface area contributed by atoms with E-state index in [0.29, 0.717) is 24.3 Å². The second-order valence-corrected chi connectivity index (χ2v) is 8.10. The molecule has 2 aromatic rings. The fraction of sp³-hybridized carbons (Fsp3) is 0.250. The minimum absolute atomic E-state index is 0.0264. The number of carbonyl (C=O) groups is 1. The maximum Gasteiger partial charge on any atom is 0.255 e. The molecule has 1 aliphatic heterocycles. The molecule has 1 saturated heterocycles. The van der Waals surface area contributed by atoms with Crippen LogP contribution in [0.5, 0.6) is 0 Å². The lowest BCUT2D eigenvalue weighted by atomic mass is 10.1. The number of likely N-dealkylation sites (N-methyl/N-ethyl adjacent to an activating group) is 1. The first-order valence-corrected chi connectivity index (χ1v) is 10.3. The van der Waals surface area contributed by atoms with Crippen LogP contribution >= 0.6 is 0 Å². The summed E-state index contributed by atoms with van der Waals surface area (Å²) in [5.41, 5.74) is 1.78. The third-order valence-electron chi connectivity index (χ3n) is 4.42. The first-order valence-electron chi connectivity index (χ1n) is 8.77. The van der Waals surface area contributed by atoms with Gasteiger partial charge in [-0.1, -0.05) is 30.3 Å². The molecule has 1 fully saturated rings. The molecule has 0 atom stereocenters. The van der Waals surface area contributed by atoms with Crippen LogP contribution in [0.1, 0.15) is 15.9 Å². The Hall–Kier alpha value is -2.64. The summed E-state index contributed by atoms with van der Waals surface area (Å²) in [5.74, 6) is -0.0264. The van der Waals surface area contributed by atoms with E-state index in [-0.39, 0.29) is 5.91 Å². The predicted molar refractivity (Wildman–Crippen MR) is 108 cm³/mol. The van der Waals surface area contributed by atoms with Crippen LogP contribution in [0.15, 0.2) is 60.0 Å². The van der Waals surface area contributed by atoms with Crippen LogP contribution in [-0.2, 0) is 10.0 Å². The van der Waals surface area contributed by atoms with Crippen molar-refractivity contribution >= 4 is 27.7 Å². The zero-order valence-corrected chi connectivity index (χ0v) is 16.0. The van der Waals surface area contributed by atoms with Gasteiger partial charge in [0.25, 0.3) is 15.9 Å². The molecule has 1 amide bonds. The Labute approximate surface area is 160 Å². The van der Waals surface area contributed by atoms with Crippen LogP contribution in [0.2, 0.25) is 0 Å². The number of benzene rings is 2. The zero-order valence-electron chi connectivity index (χ0n) is 15.2. The average molecular weight is 385 g/mol. The van der Waals surface area contributed by atoms with Crippen LogP contribution in [-0.4, -0.2) is 57.4 Å². The molecule has 0 spiro atoms. The lowest BCUT2D eigenvalue weighted by molar-refractivity contribution is 0.0664. The van der Waals surface area contributed by atoms with E-state index in [1.807, 2.05) is 42.3 Å². The summed E-state index contributed by atoms with van der Waals surface area (Å²) < 4.78 is 26.9. The molecule has 0 bridgehead atoms. The van der Waals surface area contributed by atoms with E-state index < -0.39 is 10.0 Å². The van der Waals surface area contributed by atoms with Gasteiger partial charge < -0.3 is 9.80 Å². The van der Waals surface area contributed by atoms with Crippen molar-refractivity contribution < 1.29 is 13.2 Å². The largest absolute Gasteiger partial charge is 0.336 e. The molecule has 142 valence electrons. The highest BCUT2D eigenvalue weighted by atomic mass is 32.2. The van der Waals surface area contributed by atoms with Crippen molar-refractivity contribution in [2.75, 3.05) is 37.9 Å². The highest BCUT2D eigenvalue weighted by molar-refractivity contribution is 7.95. The highest BCUT2D eigenvalue weighted by Crippen LogP contribution is 2.15. The fourth-order valence-corrected chi connectivity index (χ4v) is 3.67. The van der Waals surface area contributed by atoms with E-state index in [9.17, 15) is 13.2 Å². The van der Waals surface area contributed by atoms with Crippen LogP contribution in [0.4, 0.5) is 5.69 Å². The number of carbonyl (C=O) groups excluding carboxylic acids is 1. The Bertz CT molecular complexity index is 901. The number of nitrogens with one attached hydrogen (secondary N) is 1. The summed E-state index contributed by atoms with van der Waals surface area (Å²) in [6.45, 7) is 3.12. The third-order valence-corrected chi connectivity index (χ3v) is 5.44. The Kier molecular flexibility index (Phi) is 5.93. The molecular weight excluding hydrogens is 362 g/mol. The van der Waals surface area contributed by atoms with Gasteiger partial charge in [-0.25, -0.2) is 8.42 Å². The molecule has 7 heteroatoms. The summed E-state index contributed by atoms with van der Waals surface area (Å²) in [6, 6.07) is 15.7. The van der Waals surface area contributed by atoms with E-state index in [0.717, 1.165) is 24.1 Å². The number of nitrogens with zero attached hydrogens (tertiary/aromatic N) is 2. The van der Waals surface area contributed by atoms with Crippen LogP contribution < -0.4 is 4.72 Å². The average Bonchev–Trinajstić information content (AvgIpc) is 2.68. The van der Waals surface area contributed by atoms with Gasteiger partial charge in [0.05, 0.1) is 5.41 Å². The third kappa shape index (κ3) is 5.42. The lowest BCUT2D eigenvalue weighted by Crippen LogP contribution is -2.47. The Morgan fingerprint density at radius 2 is 1.59 bits per heavy atom. The van der Waals surface area contributed by atoms with Gasteiger partial charge in [-0.05, 0) is 43.0 Å². The van der Waals surface area contributed by atoms with Crippen molar-refractivity contribution in [1.29, 1.82) is 0 Å². The summed E-state index contributed by atoms with van der Waals surface area (Å²) >= 11 is 0. The molecular formula is C20H23N3O3S. The van der Waals surface area contributed by atoms with Crippen molar-refractivity contribution in [1.82, 2.24) is 9.80 Å². The van der Waals surface area contributed by atoms with Crippen LogP contribution in [0.3, 0.4) is 0 Å². The van der Waals surface area contributed by atoms with Gasteiger partial charge in [-0.3, -0.25) is 9.52 Å². The van der Waals surface area contributed by atoms with Gasteiger partial charge in [0.1, 0.15) is 0 Å². The van der Waals surface area contributed by atoms with Crippen molar-refractivity contribution in [3.8, 4) is 0 Å². The second kappa shape index (κ2) is 8.37. The predicted octanol–water partition coefficient (Wildman–Crippen LogP) is 2.49. The summed E-state index contributed by atoms with van der Waals surface area (Å²) in [7, 11) is -1.59. The van der Waals surface area contributed by atoms with Crippen molar-refractivity contribution in [3.05, 3.63) is 71.1 Å². The molecule has 1 heterocycles. The smallest absolute Gasteiger partial charge is 0.255 e. The maximum absolute atomic E-state index is 12.5. The second-order valence-electron chi connectivity index (χ2n) is 6.53. The van der Waals surface area contributed by atoms with E-state index in [1.165, 1.54) is 6.08 Å². The first kappa shape index (κ1) is 19.1. The summed E-state index contributed by atoms with van der Waals surface area (Å²) in [4.78, 5) is 16.5.